The number of hydrogen-bond donors (Lipinski definition) is 1. The second-order valence-corrected chi connectivity index (χ2v) is 7.19. The predicted molar refractivity (Wildman–Crippen MR) is 93.6 cm³/mol. The van der Waals surface area contributed by atoms with E-state index in [0.29, 0.717) is 11.6 Å². The third-order valence-corrected chi connectivity index (χ3v) is 5.34. The number of phenolic OH excluding ortho intramolecular Hbond substituents is 1. The van der Waals surface area contributed by atoms with Crippen LogP contribution in [0.1, 0.15) is 66.3 Å². The van der Waals surface area contributed by atoms with Gasteiger partial charge in [0.05, 0.1) is 0 Å². The summed E-state index contributed by atoms with van der Waals surface area (Å²) in [5.41, 5.74) is 1.72. The Labute approximate surface area is 147 Å². The van der Waals surface area contributed by atoms with Crippen LogP contribution in [0.5, 0.6) is 5.75 Å². The van der Waals surface area contributed by atoms with E-state index in [1.165, 1.54) is 18.4 Å². The Bertz CT molecular complexity index is 734. The maximum atomic E-state index is 13.1. The zero-order valence-corrected chi connectivity index (χ0v) is 14.4. The standard InChI is InChI=1S/C20H24N2O3/c23-17-10-5-14(6-11-17)4-9-16-3-1-2-12-22(16)20(24)18-19(15-7-8-15)25-13-21-18/h5-6,10-11,13,15-16,23H,1-4,7-9,12H2/t16-/m0/s1. The maximum Gasteiger partial charge on any atom is 0.276 e. The van der Waals surface area contributed by atoms with Crippen molar-refractivity contribution in [3.05, 3.63) is 47.7 Å². The van der Waals surface area contributed by atoms with Crippen LogP contribution in [-0.2, 0) is 6.42 Å². The molecule has 0 unspecified atom stereocenters. The summed E-state index contributed by atoms with van der Waals surface area (Å²) in [6.45, 7) is 0.802. The number of nitrogens with zero attached hydrogens (tertiary/aromatic N) is 2. The number of carbonyl (C=O) groups excluding carboxylic acids is 1. The molecule has 2 aliphatic rings. The lowest BCUT2D eigenvalue weighted by molar-refractivity contribution is 0.0594. The Kier molecular flexibility index (Phi) is 4.47. The van der Waals surface area contributed by atoms with Crippen LogP contribution in [0, 0.1) is 0 Å². The van der Waals surface area contributed by atoms with Gasteiger partial charge in [0.25, 0.3) is 5.91 Å². The lowest BCUT2D eigenvalue weighted by Gasteiger charge is -2.35. The van der Waals surface area contributed by atoms with Crippen molar-refractivity contribution < 1.29 is 14.3 Å². The zero-order valence-electron chi connectivity index (χ0n) is 14.4. The highest BCUT2D eigenvalue weighted by Crippen LogP contribution is 2.42. The Morgan fingerprint density at radius 3 is 2.76 bits per heavy atom. The van der Waals surface area contributed by atoms with Crippen LogP contribution in [0.4, 0.5) is 0 Å². The van der Waals surface area contributed by atoms with Gasteiger partial charge in [0.2, 0.25) is 0 Å². The van der Waals surface area contributed by atoms with Gasteiger partial charge in [-0.25, -0.2) is 4.98 Å². The number of phenols is 1. The van der Waals surface area contributed by atoms with E-state index < -0.39 is 0 Å². The average molecular weight is 340 g/mol. The maximum absolute atomic E-state index is 13.1. The van der Waals surface area contributed by atoms with E-state index in [0.717, 1.165) is 50.8 Å². The number of piperidine rings is 1. The van der Waals surface area contributed by atoms with Crippen molar-refractivity contribution in [2.45, 2.75) is 56.9 Å². The van der Waals surface area contributed by atoms with Crippen molar-refractivity contribution >= 4 is 5.91 Å². The van der Waals surface area contributed by atoms with Gasteiger partial charge in [0.15, 0.2) is 12.1 Å². The molecule has 2 heterocycles. The first-order chi connectivity index (χ1) is 12.2. The molecule has 2 fully saturated rings. The van der Waals surface area contributed by atoms with Gasteiger partial charge in [-0.1, -0.05) is 12.1 Å². The zero-order chi connectivity index (χ0) is 17.2. The summed E-state index contributed by atoms with van der Waals surface area (Å²) in [6.07, 6.45) is 8.71. The van der Waals surface area contributed by atoms with Gasteiger partial charge >= 0.3 is 0 Å². The fourth-order valence-corrected chi connectivity index (χ4v) is 3.75. The van der Waals surface area contributed by atoms with Gasteiger partial charge in [-0.15, -0.1) is 0 Å². The van der Waals surface area contributed by atoms with E-state index in [1.54, 1.807) is 12.1 Å². The third kappa shape index (κ3) is 3.55. The number of amides is 1. The number of aromatic nitrogens is 1. The summed E-state index contributed by atoms with van der Waals surface area (Å²) in [7, 11) is 0. The monoisotopic (exact) mass is 340 g/mol. The molecule has 1 aliphatic carbocycles. The second-order valence-electron chi connectivity index (χ2n) is 7.19. The molecule has 1 N–H and O–H groups in total. The smallest absolute Gasteiger partial charge is 0.276 e. The van der Waals surface area contributed by atoms with Crippen LogP contribution in [0.3, 0.4) is 0 Å². The van der Waals surface area contributed by atoms with E-state index in [-0.39, 0.29) is 17.7 Å². The predicted octanol–water partition coefficient (Wildman–Crippen LogP) is 3.89. The Morgan fingerprint density at radius 2 is 2.00 bits per heavy atom. The van der Waals surface area contributed by atoms with Crippen molar-refractivity contribution in [3.8, 4) is 5.75 Å². The lowest BCUT2D eigenvalue weighted by Crippen LogP contribution is -2.44. The third-order valence-electron chi connectivity index (χ3n) is 5.34. The molecule has 0 radical (unpaired) electrons. The molecule has 5 nitrogen and oxygen atoms in total. The molecule has 4 rings (SSSR count). The number of oxazole rings is 1. The van der Waals surface area contributed by atoms with Crippen molar-refractivity contribution in [2.24, 2.45) is 0 Å². The van der Waals surface area contributed by atoms with Crippen molar-refractivity contribution in [2.75, 3.05) is 6.54 Å². The minimum atomic E-state index is 0.0334. The first kappa shape index (κ1) is 16.2. The van der Waals surface area contributed by atoms with Gasteiger partial charge in [0, 0.05) is 18.5 Å². The Morgan fingerprint density at radius 1 is 1.20 bits per heavy atom. The number of rotatable bonds is 5. The molecule has 1 saturated heterocycles. The molecule has 1 aromatic carbocycles. The Balaban J connectivity index is 1.45. The number of aryl methyl sites for hydroxylation is 1. The SMILES string of the molecule is O=C(c1ncoc1C1CC1)N1CCCC[C@H]1CCc1ccc(O)cc1. The number of hydrogen-bond acceptors (Lipinski definition) is 4. The number of likely N-dealkylation sites (tertiary alicyclic amines) is 1. The summed E-state index contributed by atoms with van der Waals surface area (Å²) < 4.78 is 5.49. The van der Waals surface area contributed by atoms with E-state index in [2.05, 4.69) is 4.98 Å². The van der Waals surface area contributed by atoms with Crippen molar-refractivity contribution in [3.63, 3.8) is 0 Å². The quantitative estimate of drug-likeness (QED) is 0.897. The molecule has 1 amide bonds. The highest BCUT2D eigenvalue weighted by atomic mass is 16.3. The van der Waals surface area contributed by atoms with Gasteiger partial charge in [0.1, 0.15) is 11.5 Å². The van der Waals surface area contributed by atoms with Crippen LogP contribution < -0.4 is 0 Å². The number of aromatic hydroxyl groups is 1. The largest absolute Gasteiger partial charge is 0.508 e. The summed E-state index contributed by atoms with van der Waals surface area (Å²) >= 11 is 0. The molecule has 2 aromatic rings. The van der Waals surface area contributed by atoms with E-state index in [4.69, 9.17) is 4.42 Å². The molecular weight excluding hydrogens is 316 g/mol. The topological polar surface area (TPSA) is 66.6 Å². The molecular formula is C20H24N2O3. The summed E-state index contributed by atoms with van der Waals surface area (Å²) in [6, 6.07) is 7.59. The van der Waals surface area contributed by atoms with Crippen LogP contribution in [0.15, 0.2) is 35.1 Å². The summed E-state index contributed by atoms with van der Waals surface area (Å²) in [5, 5.41) is 9.40. The van der Waals surface area contributed by atoms with Crippen LogP contribution >= 0.6 is 0 Å². The van der Waals surface area contributed by atoms with Gasteiger partial charge < -0.3 is 14.4 Å². The van der Waals surface area contributed by atoms with Gasteiger partial charge in [-0.05, 0) is 62.6 Å². The lowest BCUT2D eigenvalue weighted by atomic mass is 9.95. The average Bonchev–Trinajstić information content (AvgIpc) is 3.37. The van der Waals surface area contributed by atoms with E-state index in [1.807, 2.05) is 17.0 Å². The summed E-state index contributed by atoms with van der Waals surface area (Å²) in [4.78, 5) is 19.3. The number of benzene rings is 1. The first-order valence-electron chi connectivity index (χ1n) is 9.24. The fourth-order valence-electron chi connectivity index (χ4n) is 3.75. The van der Waals surface area contributed by atoms with E-state index in [9.17, 15) is 9.90 Å². The van der Waals surface area contributed by atoms with Crippen LogP contribution in [-0.4, -0.2) is 33.5 Å². The molecule has 0 spiro atoms. The summed E-state index contributed by atoms with van der Waals surface area (Å²) in [5.74, 6) is 1.50. The molecule has 1 atom stereocenters. The molecule has 132 valence electrons. The van der Waals surface area contributed by atoms with Crippen molar-refractivity contribution in [1.29, 1.82) is 0 Å². The Hall–Kier alpha value is -2.30. The second kappa shape index (κ2) is 6.90. The fraction of sp³-hybridized carbons (Fsp3) is 0.500. The molecule has 1 saturated carbocycles. The van der Waals surface area contributed by atoms with Crippen molar-refractivity contribution in [1.82, 2.24) is 9.88 Å². The van der Waals surface area contributed by atoms with Gasteiger partial charge in [-0.2, -0.15) is 0 Å². The normalized spacial score (nSPS) is 20.6. The molecule has 5 heteroatoms. The minimum absolute atomic E-state index is 0.0334. The highest BCUT2D eigenvalue weighted by molar-refractivity contribution is 5.93. The molecule has 1 aromatic heterocycles. The van der Waals surface area contributed by atoms with E-state index >= 15 is 0 Å². The molecule has 25 heavy (non-hydrogen) atoms. The molecule has 0 bridgehead atoms. The highest BCUT2D eigenvalue weighted by Gasteiger charge is 2.36. The van der Waals surface area contributed by atoms with Gasteiger partial charge in [-0.3, -0.25) is 4.79 Å². The van der Waals surface area contributed by atoms with Crippen LogP contribution in [0.25, 0.3) is 0 Å². The molecule has 1 aliphatic heterocycles. The first-order valence-corrected chi connectivity index (χ1v) is 9.24. The van der Waals surface area contributed by atoms with Crippen LogP contribution in [0.2, 0.25) is 0 Å². The number of carbonyl (C=O) groups is 1. The minimum Gasteiger partial charge on any atom is -0.508 e.